The Hall–Kier alpha value is -1.87. The van der Waals surface area contributed by atoms with Gasteiger partial charge in [-0.2, -0.15) is 37.9 Å². The first-order valence-electron chi connectivity index (χ1n) is 17.7. The smallest absolute Gasteiger partial charge is 0.243 e. The number of nitrogens with zero attached hydrogens (tertiary/aromatic N) is 1. The minimum Gasteiger partial charge on any atom is -0.368 e. The molecule has 0 aromatic carbocycles. The third-order valence-corrected chi connectivity index (χ3v) is 8.36. The Labute approximate surface area is 375 Å². The van der Waals surface area contributed by atoms with Crippen molar-refractivity contribution in [3.8, 4) is 0 Å². The molecule has 0 spiro atoms. The minimum atomic E-state index is -1.08. The molecule has 1 aliphatic rings. The van der Waals surface area contributed by atoms with Crippen molar-refractivity contribution >= 4 is 104 Å². The SMILES string of the molecule is C.CC.CC.CC.CC.CCC(=O)CCN1C(=O)CC(SCC(NC(=O)C(CCS)NC=O)C(N)=O)C1=O.NC(=O)C(CS)NC(=O)C(CCS)NC=O.[Y]. The summed E-state index contributed by atoms with van der Waals surface area (Å²) >= 11 is 12.9. The second-order valence-corrected chi connectivity index (χ2v) is 11.9. The Morgan fingerprint density at radius 2 is 1.18 bits per heavy atom. The Morgan fingerprint density at radius 1 is 0.782 bits per heavy atom. The van der Waals surface area contributed by atoms with Gasteiger partial charge in [0, 0.05) is 70.0 Å². The van der Waals surface area contributed by atoms with E-state index in [0.717, 1.165) is 16.7 Å². The van der Waals surface area contributed by atoms with Crippen molar-refractivity contribution in [2.75, 3.05) is 29.6 Å². The number of thiol groups is 3. The molecule has 5 unspecified atom stereocenters. The van der Waals surface area contributed by atoms with Crippen molar-refractivity contribution in [1.82, 2.24) is 26.2 Å². The van der Waals surface area contributed by atoms with Gasteiger partial charge in [0.05, 0.1) is 5.25 Å². The fourth-order valence-electron chi connectivity index (χ4n) is 3.59. The van der Waals surface area contributed by atoms with E-state index in [-0.39, 0.29) is 89.1 Å². The number of ketones is 1. The average Bonchev–Trinajstić information content (AvgIpc) is 3.44. The van der Waals surface area contributed by atoms with Crippen LogP contribution in [0.2, 0.25) is 0 Å². The van der Waals surface area contributed by atoms with Gasteiger partial charge in [-0.3, -0.25) is 48.1 Å². The topological polar surface area (TPSA) is 257 Å². The Kier molecular flexibility index (Phi) is 57.4. The third kappa shape index (κ3) is 31.9. The summed E-state index contributed by atoms with van der Waals surface area (Å²) < 4.78 is 0. The number of primary amides is 2. The second-order valence-electron chi connectivity index (χ2n) is 9.36. The second kappa shape index (κ2) is 46.5. The third-order valence-electron chi connectivity index (χ3n) is 6.18. The molecule has 0 saturated carbocycles. The maximum Gasteiger partial charge on any atom is 0.243 e. The quantitative estimate of drug-likeness (QED) is 0.0431. The number of likely N-dealkylation sites (tertiary alicyclic amines) is 1. The number of amides is 8. The molecule has 8 N–H and O–H groups in total. The molecule has 16 nitrogen and oxygen atoms in total. The van der Waals surface area contributed by atoms with Gasteiger partial charge in [-0.15, -0.1) is 11.8 Å². The van der Waals surface area contributed by atoms with Gasteiger partial charge in [0.25, 0.3) is 0 Å². The van der Waals surface area contributed by atoms with E-state index in [1.165, 1.54) is 0 Å². The van der Waals surface area contributed by atoms with E-state index in [2.05, 4.69) is 59.2 Å². The largest absolute Gasteiger partial charge is 0.368 e. The van der Waals surface area contributed by atoms with Crippen LogP contribution in [0.25, 0.3) is 0 Å². The van der Waals surface area contributed by atoms with Gasteiger partial charge in [-0.1, -0.05) is 69.7 Å². The van der Waals surface area contributed by atoms with Crippen molar-refractivity contribution in [3.63, 3.8) is 0 Å². The van der Waals surface area contributed by atoms with Crippen LogP contribution >= 0.6 is 49.6 Å². The van der Waals surface area contributed by atoms with Crippen molar-refractivity contribution in [2.24, 2.45) is 11.5 Å². The van der Waals surface area contributed by atoms with E-state index >= 15 is 0 Å². The molecular formula is C34H69N7O9S4Y. The monoisotopic (exact) mass is 936 g/mol. The summed E-state index contributed by atoms with van der Waals surface area (Å²) in [5.41, 5.74) is 10.4. The molecule has 8 amide bonds. The molecule has 1 rings (SSSR count). The standard InChI is InChI=1S/C17H26N4O6S2.C8H15N3O3S2.4C2H6.CH4.Y/c1-2-10(23)3-5-21-14(24)7-13(17(21)27)29-8-12(15(18)25)20-16(26)11(4-6-28)19-9-22;9-7(13)6(3-16)11-8(14)5(1-2-15)10-4-12;4*1-2;;/h9,11-13,28H,2-8H2,1H3,(H2,18,25)(H,19,22)(H,20,26);4-6,15-16H,1-3H2,(H2,9,13)(H,10,12)(H,11,14);4*1-2H3;1H4;. The van der Waals surface area contributed by atoms with E-state index < -0.39 is 59.0 Å². The van der Waals surface area contributed by atoms with Crippen molar-refractivity contribution < 1.29 is 75.9 Å². The summed E-state index contributed by atoms with van der Waals surface area (Å²) in [5.74, 6) is -2.51. The van der Waals surface area contributed by atoms with E-state index in [4.69, 9.17) is 11.5 Å². The number of Topliss-reactive ketones (excluding diaryl/α,β-unsaturated/α-hetero) is 1. The first kappa shape index (κ1) is 67.9. The predicted octanol–water partition coefficient (Wildman–Crippen LogP) is 1.68. The molecular weight excluding hydrogens is 868 g/mol. The van der Waals surface area contributed by atoms with Crippen LogP contribution in [0.4, 0.5) is 0 Å². The zero-order chi connectivity index (χ0) is 42.5. The van der Waals surface area contributed by atoms with Crippen molar-refractivity contribution in [1.29, 1.82) is 0 Å². The fraction of sp³-hybridized carbons (Fsp3) is 0.735. The fourth-order valence-corrected chi connectivity index (χ4v) is 5.58. The van der Waals surface area contributed by atoms with Crippen LogP contribution in [0.3, 0.4) is 0 Å². The summed E-state index contributed by atoms with van der Waals surface area (Å²) in [5, 5.41) is 8.80. The Bertz CT molecular complexity index is 1080. The van der Waals surface area contributed by atoms with Gasteiger partial charge in [-0.25, -0.2) is 0 Å². The number of hydrogen-bond donors (Lipinski definition) is 9. The minimum absolute atomic E-state index is 0. The first-order chi connectivity index (χ1) is 25.3. The summed E-state index contributed by atoms with van der Waals surface area (Å²) in [6, 6.07) is -3.50. The number of nitrogens with one attached hydrogen (secondary N) is 4. The van der Waals surface area contributed by atoms with Crippen LogP contribution in [-0.4, -0.2) is 118 Å². The number of thioether (sulfide) groups is 1. The Morgan fingerprint density at radius 3 is 1.51 bits per heavy atom. The van der Waals surface area contributed by atoms with E-state index in [1.807, 2.05) is 55.4 Å². The van der Waals surface area contributed by atoms with Crippen LogP contribution in [-0.2, 0) is 75.9 Å². The van der Waals surface area contributed by atoms with Crippen LogP contribution < -0.4 is 32.7 Å². The van der Waals surface area contributed by atoms with Gasteiger partial charge >= 0.3 is 0 Å². The van der Waals surface area contributed by atoms with E-state index in [0.29, 0.717) is 37.2 Å². The summed E-state index contributed by atoms with van der Waals surface area (Å²) in [4.78, 5) is 104. The average molecular weight is 937 g/mol. The number of rotatable bonds is 22. The number of carbonyl (C=O) groups is 9. The van der Waals surface area contributed by atoms with Gasteiger partial charge in [-0.05, 0) is 24.3 Å². The van der Waals surface area contributed by atoms with Gasteiger partial charge in [0.15, 0.2) is 0 Å². The number of carbonyl (C=O) groups excluding carboxylic acids is 9. The normalized spacial score (nSPS) is 14.0. The first-order valence-corrected chi connectivity index (χ1v) is 20.6. The zero-order valence-electron chi connectivity index (χ0n) is 33.2. The summed E-state index contributed by atoms with van der Waals surface area (Å²) in [6.45, 7) is 17.7. The molecule has 1 fully saturated rings. The molecule has 0 aliphatic carbocycles. The molecule has 1 radical (unpaired) electrons. The van der Waals surface area contributed by atoms with Crippen LogP contribution in [0, 0.1) is 0 Å². The van der Waals surface area contributed by atoms with Crippen LogP contribution in [0.1, 0.15) is 102 Å². The molecule has 21 heteroatoms. The molecule has 321 valence electrons. The van der Waals surface area contributed by atoms with Gasteiger partial charge in [0.1, 0.15) is 30.0 Å². The van der Waals surface area contributed by atoms with Crippen molar-refractivity contribution in [2.45, 2.75) is 131 Å². The Balaban J connectivity index is -0.000000151. The number of hydrogen-bond acceptors (Lipinski definition) is 13. The molecule has 0 aromatic rings. The van der Waals surface area contributed by atoms with E-state index in [1.54, 1.807) is 6.92 Å². The summed E-state index contributed by atoms with van der Waals surface area (Å²) in [6.07, 6.45) is 1.83. The molecule has 55 heavy (non-hydrogen) atoms. The molecule has 0 bridgehead atoms. The molecule has 1 aliphatic heterocycles. The van der Waals surface area contributed by atoms with Crippen LogP contribution in [0.5, 0.6) is 0 Å². The van der Waals surface area contributed by atoms with E-state index in [9.17, 15) is 43.2 Å². The molecule has 0 aromatic heterocycles. The molecule has 1 heterocycles. The summed E-state index contributed by atoms with van der Waals surface area (Å²) in [7, 11) is 0. The maximum atomic E-state index is 12.4. The van der Waals surface area contributed by atoms with Gasteiger partial charge in [0.2, 0.25) is 48.3 Å². The van der Waals surface area contributed by atoms with Crippen LogP contribution in [0.15, 0.2) is 0 Å². The molecule has 5 atom stereocenters. The molecule has 1 saturated heterocycles. The maximum absolute atomic E-state index is 12.4. The van der Waals surface area contributed by atoms with Crippen molar-refractivity contribution in [3.05, 3.63) is 0 Å². The van der Waals surface area contributed by atoms with Gasteiger partial charge < -0.3 is 32.7 Å². The zero-order valence-corrected chi connectivity index (χ0v) is 39.6. The predicted molar refractivity (Wildman–Crippen MR) is 229 cm³/mol. The number of imide groups is 1. The number of nitrogens with two attached hydrogens (primary N) is 2.